The molecule has 1 N–H and O–H groups in total. The molecule has 0 aliphatic carbocycles. The molecule has 0 radical (unpaired) electrons. The minimum atomic E-state index is 0. The molecule has 0 unspecified atom stereocenters. The van der Waals surface area contributed by atoms with E-state index in [4.69, 9.17) is 4.74 Å². The highest BCUT2D eigenvalue weighted by molar-refractivity contribution is 14.0. The maximum Gasteiger partial charge on any atom is 0.193 e. The van der Waals surface area contributed by atoms with Crippen LogP contribution >= 0.6 is 24.0 Å². The van der Waals surface area contributed by atoms with Gasteiger partial charge in [-0.3, -0.25) is 4.99 Å². The lowest BCUT2D eigenvalue weighted by Crippen LogP contribution is -2.39. The SMILES string of the molecule is CN=C(NCCC1=CCOCC1)N(C)Cc1ccc(N2CCCCC2)cc1.I. The van der Waals surface area contributed by atoms with Crippen molar-refractivity contribution in [1.29, 1.82) is 0 Å². The summed E-state index contributed by atoms with van der Waals surface area (Å²) >= 11 is 0. The van der Waals surface area contributed by atoms with E-state index >= 15 is 0 Å². The number of ether oxygens (including phenoxy) is 1. The summed E-state index contributed by atoms with van der Waals surface area (Å²) in [6.07, 6.45) is 8.32. The Labute approximate surface area is 187 Å². The summed E-state index contributed by atoms with van der Waals surface area (Å²) in [6, 6.07) is 9.03. The summed E-state index contributed by atoms with van der Waals surface area (Å²) in [6.45, 7) is 5.77. The Bertz CT molecular complexity index is 638. The monoisotopic (exact) mass is 498 g/mol. The molecule has 0 spiro atoms. The van der Waals surface area contributed by atoms with Gasteiger partial charge in [0.05, 0.1) is 13.2 Å². The number of nitrogens with zero attached hydrogens (tertiary/aromatic N) is 3. The van der Waals surface area contributed by atoms with E-state index < -0.39 is 0 Å². The zero-order valence-electron chi connectivity index (χ0n) is 17.3. The van der Waals surface area contributed by atoms with Crippen molar-refractivity contribution in [1.82, 2.24) is 10.2 Å². The smallest absolute Gasteiger partial charge is 0.193 e. The summed E-state index contributed by atoms with van der Waals surface area (Å²) < 4.78 is 5.37. The second-order valence-electron chi connectivity index (χ2n) is 7.48. The van der Waals surface area contributed by atoms with Crippen LogP contribution < -0.4 is 10.2 Å². The van der Waals surface area contributed by atoms with Gasteiger partial charge in [-0.1, -0.05) is 23.8 Å². The molecule has 2 aliphatic heterocycles. The quantitative estimate of drug-likeness (QED) is 0.278. The topological polar surface area (TPSA) is 40.1 Å². The molecule has 156 valence electrons. The fourth-order valence-electron chi connectivity index (χ4n) is 3.83. The largest absolute Gasteiger partial charge is 0.377 e. The predicted octanol–water partition coefficient (Wildman–Crippen LogP) is 4.04. The fourth-order valence-corrected chi connectivity index (χ4v) is 3.83. The second kappa shape index (κ2) is 12.3. The highest BCUT2D eigenvalue weighted by Gasteiger charge is 2.12. The molecule has 1 fully saturated rings. The molecule has 0 saturated carbocycles. The molecule has 2 heterocycles. The van der Waals surface area contributed by atoms with Gasteiger partial charge in [-0.05, 0) is 49.8 Å². The van der Waals surface area contributed by atoms with Gasteiger partial charge in [0.15, 0.2) is 5.96 Å². The van der Waals surface area contributed by atoms with Crippen LogP contribution in [0.15, 0.2) is 40.9 Å². The number of halogens is 1. The minimum Gasteiger partial charge on any atom is -0.377 e. The van der Waals surface area contributed by atoms with Gasteiger partial charge in [0.1, 0.15) is 0 Å². The number of piperidine rings is 1. The van der Waals surface area contributed by atoms with Gasteiger partial charge in [0, 0.05) is 46.0 Å². The first-order valence-electron chi connectivity index (χ1n) is 10.3. The van der Waals surface area contributed by atoms with Crippen LogP contribution in [-0.2, 0) is 11.3 Å². The highest BCUT2D eigenvalue weighted by atomic mass is 127. The van der Waals surface area contributed by atoms with E-state index in [9.17, 15) is 0 Å². The number of hydrogen-bond acceptors (Lipinski definition) is 3. The summed E-state index contributed by atoms with van der Waals surface area (Å²) in [7, 11) is 3.95. The molecule has 3 rings (SSSR count). The molecule has 28 heavy (non-hydrogen) atoms. The van der Waals surface area contributed by atoms with E-state index in [2.05, 4.69) is 57.5 Å². The zero-order chi connectivity index (χ0) is 18.9. The number of nitrogens with one attached hydrogen (secondary N) is 1. The summed E-state index contributed by atoms with van der Waals surface area (Å²) in [5.41, 5.74) is 4.15. The van der Waals surface area contributed by atoms with Gasteiger partial charge in [0.25, 0.3) is 0 Å². The van der Waals surface area contributed by atoms with Crippen molar-refractivity contribution in [3.05, 3.63) is 41.5 Å². The Hall–Kier alpha value is -1.28. The summed E-state index contributed by atoms with van der Waals surface area (Å²) in [4.78, 5) is 9.13. The van der Waals surface area contributed by atoms with Gasteiger partial charge in [0.2, 0.25) is 0 Å². The average molecular weight is 498 g/mol. The van der Waals surface area contributed by atoms with Crippen LogP contribution in [0.4, 0.5) is 5.69 Å². The average Bonchev–Trinajstić information content (AvgIpc) is 2.73. The molecule has 0 amide bonds. The maximum atomic E-state index is 5.37. The van der Waals surface area contributed by atoms with Crippen molar-refractivity contribution >= 4 is 35.6 Å². The first-order valence-corrected chi connectivity index (χ1v) is 10.3. The van der Waals surface area contributed by atoms with Crippen molar-refractivity contribution in [3.8, 4) is 0 Å². The molecular weight excluding hydrogens is 463 g/mol. The third kappa shape index (κ3) is 6.95. The van der Waals surface area contributed by atoms with Crippen molar-refractivity contribution in [2.45, 2.75) is 38.6 Å². The van der Waals surface area contributed by atoms with Crippen LogP contribution in [0.5, 0.6) is 0 Å². The lowest BCUT2D eigenvalue weighted by molar-refractivity contribution is 0.153. The summed E-state index contributed by atoms with van der Waals surface area (Å²) in [5, 5.41) is 3.49. The fraction of sp³-hybridized carbons (Fsp3) is 0.591. The molecule has 1 aromatic rings. The number of hydrogen-bond donors (Lipinski definition) is 1. The second-order valence-corrected chi connectivity index (χ2v) is 7.48. The van der Waals surface area contributed by atoms with Gasteiger partial charge < -0.3 is 19.9 Å². The van der Waals surface area contributed by atoms with E-state index in [1.54, 1.807) is 0 Å². The number of rotatable bonds is 6. The highest BCUT2D eigenvalue weighted by Crippen LogP contribution is 2.20. The molecule has 0 bridgehead atoms. The van der Waals surface area contributed by atoms with Crippen LogP contribution in [0, 0.1) is 0 Å². The predicted molar refractivity (Wildman–Crippen MR) is 129 cm³/mol. The Morgan fingerprint density at radius 3 is 2.57 bits per heavy atom. The van der Waals surface area contributed by atoms with Crippen molar-refractivity contribution in [3.63, 3.8) is 0 Å². The molecule has 5 nitrogen and oxygen atoms in total. The zero-order valence-corrected chi connectivity index (χ0v) is 19.7. The standard InChI is InChI=1S/C22H34N4O.HI/c1-23-22(24-13-10-19-11-16-27-17-12-19)25(2)18-20-6-8-21(9-7-20)26-14-4-3-5-15-26;/h6-9,11H,3-5,10,12-18H2,1-2H3,(H,23,24);1H. The Balaban J connectivity index is 0.00000280. The van der Waals surface area contributed by atoms with E-state index in [-0.39, 0.29) is 24.0 Å². The molecule has 6 heteroatoms. The minimum absolute atomic E-state index is 0. The number of anilines is 1. The van der Waals surface area contributed by atoms with Crippen molar-refractivity contribution in [2.75, 3.05) is 51.8 Å². The third-order valence-electron chi connectivity index (χ3n) is 5.44. The van der Waals surface area contributed by atoms with E-state index in [1.165, 1.54) is 49.2 Å². The lowest BCUT2D eigenvalue weighted by atomic mass is 10.1. The molecule has 1 saturated heterocycles. The Morgan fingerprint density at radius 2 is 1.93 bits per heavy atom. The van der Waals surface area contributed by atoms with Crippen LogP contribution in [0.3, 0.4) is 0 Å². The van der Waals surface area contributed by atoms with Crippen molar-refractivity contribution < 1.29 is 4.74 Å². The van der Waals surface area contributed by atoms with Gasteiger partial charge >= 0.3 is 0 Å². The number of benzene rings is 1. The molecule has 1 aromatic carbocycles. The first kappa shape index (κ1) is 23.0. The third-order valence-corrected chi connectivity index (χ3v) is 5.44. The van der Waals surface area contributed by atoms with E-state index in [1.807, 2.05) is 7.05 Å². The maximum absolute atomic E-state index is 5.37. The molecule has 0 atom stereocenters. The molecular formula is C22H35IN4O. The van der Waals surface area contributed by atoms with Gasteiger partial charge in [-0.15, -0.1) is 24.0 Å². The molecule has 2 aliphatic rings. The lowest BCUT2D eigenvalue weighted by Gasteiger charge is -2.29. The van der Waals surface area contributed by atoms with Crippen LogP contribution in [0.1, 0.15) is 37.7 Å². The van der Waals surface area contributed by atoms with Crippen molar-refractivity contribution in [2.24, 2.45) is 4.99 Å². The van der Waals surface area contributed by atoms with E-state index in [0.29, 0.717) is 0 Å². The van der Waals surface area contributed by atoms with Crippen LogP contribution in [0.25, 0.3) is 0 Å². The first-order chi connectivity index (χ1) is 13.3. The van der Waals surface area contributed by atoms with Gasteiger partial charge in [-0.2, -0.15) is 0 Å². The van der Waals surface area contributed by atoms with Gasteiger partial charge in [-0.25, -0.2) is 0 Å². The normalized spacial score (nSPS) is 17.6. The van der Waals surface area contributed by atoms with E-state index in [0.717, 1.165) is 45.1 Å². The Kier molecular flexibility index (Phi) is 10.1. The Morgan fingerprint density at radius 1 is 1.18 bits per heavy atom. The number of guanidine groups is 1. The van der Waals surface area contributed by atoms with Crippen LogP contribution in [0.2, 0.25) is 0 Å². The van der Waals surface area contributed by atoms with Crippen LogP contribution in [-0.4, -0.2) is 57.8 Å². The summed E-state index contributed by atoms with van der Waals surface area (Å²) in [5.74, 6) is 0.947. The molecule has 0 aromatic heterocycles. The number of aliphatic imine (C=N–C) groups is 1.